The fourth-order valence-electron chi connectivity index (χ4n) is 3.65. The van der Waals surface area contributed by atoms with Gasteiger partial charge in [-0.3, -0.25) is 4.18 Å². The van der Waals surface area contributed by atoms with Crippen molar-refractivity contribution in [2.45, 2.75) is 110 Å². The molecule has 0 atom stereocenters. The molecule has 0 N–H and O–H groups in total. The number of hydrogen-bond donors (Lipinski definition) is 0. The van der Waals surface area contributed by atoms with Crippen LogP contribution >= 0.6 is 7.26 Å². The average molecular weight is 488 g/mol. The van der Waals surface area contributed by atoms with Crippen molar-refractivity contribution >= 4 is 17.4 Å². The Morgan fingerprint density at radius 2 is 1.19 bits per heavy atom. The van der Waals surface area contributed by atoms with Crippen LogP contribution in [0, 0.1) is 0 Å². The Kier molecular flexibility index (Phi) is 18.7. The van der Waals surface area contributed by atoms with Crippen molar-refractivity contribution < 1.29 is 12.6 Å². The van der Waals surface area contributed by atoms with Gasteiger partial charge in [-0.2, -0.15) is 8.42 Å². The monoisotopic (exact) mass is 487 g/mol. The van der Waals surface area contributed by atoms with Crippen LogP contribution in [0.3, 0.4) is 0 Å². The standard InChI is InChI=1S/C14H22O3S.C13H30P/c1-3-5-9-13-10-7-8-11-14(13)18(15,16)17-12-6-4-2;1-5-8-11-14(4,12-9-6-2)13-10-7-3/h7-8,10-11H,3-6,9,12H2,1-2H3;5-13H2,1-4H3/q;+1. The quantitative estimate of drug-likeness (QED) is 0.126. The van der Waals surface area contributed by atoms with Gasteiger partial charge in [-0.05, 0) is 50.2 Å². The zero-order chi connectivity index (χ0) is 24.3. The first-order chi connectivity index (χ1) is 15.3. The fourth-order valence-corrected chi connectivity index (χ4v) is 8.76. The Morgan fingerprint density at radius 3 is 1.66 bits per heavy atom. The van der Waals surface area contributed by atoms with E-state index in [0.717, 1.165) is 37.7 Å². The van der Waals surface area contributed by atoms with Crippen LogP contribution in [0.5, 0.6) is 0 Å². The first-order valence-electron chi connectivity index (χ1n) is 13.1. The molecule has 0 radical (unpaired) electrons. The maximum absolute atomic E-state index is 12.1. The van der Waals surface area contributed by atoms with E-state index in [0.29, 0.717) is 4.90 Å². The zero-order valence-corrected chi connectivity index (χ0v) is 23.7. The number of benzene rings is 1. The molecule has 0 heterocycles. The molecule has 0 aliphatic heterocycles. The second-order valence-corrected chi connectivity index (χ2v) is 15.4. The Labute approximate surface area is 201 Å². The van der Waals surface area contributed by atoms with Crippen LogP contribution in [0.2, 0.25) is 0 Å². The van der Waals surface area contributed by atoms with Gasteiger partial charge in [0.1, 0.15) is 0 Å². The maximum Gasteiger partial charge on any atom is 0.297 e. The summed E-state index contributed by atoms with van der Waals surface area (Å²) in [7, 11) is -4.11. The van der Waals surface area contributed by atoms with E-state index in [1.54, 1.807) is 30.6 Å². The van der Waals surface area contributed by atoms with Crippen LogP contribution in [0.25, 0.3) is 0 Å². The van der Waals surface area contributed by atoms with E-state index in [1.807, 2.05) is 19.1 Å². The van der Waals surface area contributed by atoms with E-state index in [4.69, 9.17) is 4.18 Å². The van der Waals surface area contributed by atoms with E-state index >= 15 is 0 Å². The predicted molar refractivity (Wildman–Crippen MR) is 145 cm³/mol. The summed E-state index contributed by atoms with van der Waals surface area (Å²) in [4.78, 5) is 0.328. The number of aryl methyl sites for hydroxylation is 1. The molecule has 1 aromatic carbocycles. The Morgan fingerprint density at radius 1 is 0.719 bits per heavy atom. The molecule has 5 heteroatoms. The van der Waals surface area contributed by atoms with Crippen molar-refractivity contribution in [2.24, 2.45) is 0 Å². The molecule has 32 heavy (non-hydrogen) atoms. The topological polar surface area (TPSA) is 43.4 Å². The van der Waals surface area contributed by atoms with Gasteiger partial charge in [0.2, 0.25) is 0 Å². The molecule has 0 amide bonds. The van der Waals surface area contributed by atoms with Gasteiger partial charge in [-0.25, -0.2) is 0 Å². The van der Waals surface area contributed by atoms with Crippen LogP contribution in [-0.4, -0.2) is 40.2 Å². The normalized spacial score (nSPS) is 11.8. The highest BCUT2D eigenvalue weighted by Crippen LogP contribution is 2.57. The molecule has 0 aliphatic carbocycles. The molecule has 188 valence electrons. The Balaban J connectivity index is 0.000000622. The van der Waals surface area contributed by atoms with E-state index in [1.165, 1.54) is 38.5 Å². The van der Waals surface area contributed by atoms with Gasteiger partial charge < -0.3 is 0 Å². The second-order valence-electron chi connectivity index (χ2n) is 9.19. The highest BCUT2D eigenvalue weighted by atomic mass is 32.2. The molecule has 0 unspecified atom stereocenters. The van der Waals surface area contributed by atoms with Gasteiger partial charge >= 0.3 is 0 Å². The van der Waals surface area contributed by atoms with Gasteiger partial charge in [-0.1, -0.05) is 84.9 Å². The molecule has 0 aliphatic rings. The largest absolute Gasteiger partial charge is 0.297 e. The summed E-state index contributed by atoms with van der Waals surface area (Å²) in [6.07, 6.45) is 17.7. The third-order valence-electron chi connectivity index (χ3n) is 5.93. The number of rotatable bonds is 17. The van der Waals surface area contributed by atoms with E-state index < -0.39 is 17.4 Å². The lowest BCUT2D eigenvalue weighted by Crippen LogP contribution is -2.10. The summed E-state index contributed by atoms with van der Waals surface area (Å²) in [6.45, 7) is 14.0. The molecular weight excluding hydrogens is 435 g/mol. The minimum absolute atomic E-state index is 0.265. The molecule has 1 aromatic rings. The molecule has 0 saturated heterocycles. The third kappa shape index (κ3) is 14.0. The van der Waals surface area contributed by atoms with Crippen molar-refractivity contribution in [2.75, 3.05) is 31.8 Å². The van der Waals surface area contributed by atoms with Gasteiger partial charge in [0.15, 0.2) is 0 Å². The zero-order valence-electron chi connectivity index (χ0n) is 22.0. The Hall–Kier alpha value is -0.440. The van der Waals surface area contributed by atoms with Crippen LogP contribution in [0.1, 0.15) is 104 Å². The highest BCUT2D eigenvalue weighted by molar-refractivity contribution is 7.86. The lowest BCUT2D eigenvalue weighted by molar-refractivity contribution is 0.310. The first-order valence-corrected chi connectivity index (χ1v) is 17.3. The van der Waals surface area contributed by atoms with Crippen LogP contribution < -0.4 is 0 Å². The van der Waals surface area contributed by atoms with E-state index in [9.17, 15) is 8.42 Å². The molecule has 0 aromatic heterocycles. The van der Waals surface area contributed by atoms with Crippen molar-refractivity contribution in [3.8, 4) is 0 Å². The molecule has 0 saturated carbocycles. The fraction of sp³-hybridized carbons (Fsp3) is 0.778. The molecule has 0 bridgehead atoms. The SMILES string of the molecule is CCCCOS(=O)(=O)c1ccccc1CCCC.CCCC[P+](C)(CCCC)CCCC. The highest BCUT2D eigenvalue weighted by Gasteiger charge is 2.28. The van der Waals surface area contributed by atoms with Crippen molar-refractivity contribution in [3.63, 3.8) is 0 Å². The molecule has 3 nitrogen and oxygen atoms in total. The number of unbranched alkanes of at least 4 members (excludes halogenated alkanes) is 5. The summed E-state index contributed by atoms with van der Waals surface area (Å²) in [5.74, 6) is 0. The molecule has 0 fully saturated rings. The third-order valence-corrected chi connectivity index (χ3v) is 11.5. The van der Waals surface area contributed by atoms with Gasteiger partial charge in [0.05, 0.1) is 30.0 Å². The summed E-state index contributed by atoms with van der Waals surface area (Å²) in [6, 6.07) is 7.11. The van der Waals surface area contributed by atoms with Gasteiger partial charge in [0.25, 0.3) is 10.1 Å². The van der Waals surface area contributed by atoms with E-state index in [2.05, 4.69) is 34.4 Å². The minimum Gasteiger partial charge on any atom is -0.266 e. The first kappa shape index (κ1) is 31.6. The summed E-state index contributed by atoms with van der Waals surface area (Å²) in [5.41, 5.74) is 0.857. The van der Waals surface area contributed by atoms with Crippen LogP contribution in [0.15, 0.2) is 29.2 Å². The molecular formula is C27H52O3PS+. The van der Waals surface area contributed by atoms with Gasteiger partial charge in [-0.15, -0.1) is 0 Å². The van der Waals surface area contributed by atoms with Crippen molar-refractivity contribution in [1.29, 1.82) is 0 Å². The van der Waals surface area contributed by atoms with Gasteiger partial charge in [0, 0.05) is 13.9 Å². The summed E-state index contributed by atoms with van der Waals surface area (Å²) >= 11 is 0. The Bertz CT molecular complexity index is 651. The maximum atomic E-state index is 12.1. The predicted octanol–water partition coefficient (Wildman–Crippen LogP) is 8.57. The second kappa shape index (κ2) is 18.9. The average Bonchev–Trinajstić information content (AvgIpc) is 2.79. The lowest BCUT2D eigenvalue weighted by atomic mass is 10.1. The lowest BCUT2D eigenvalue weighted by Gasteiger charge is -2.22. The van der Waals surface area contributed by atoms with E-state index in [-0.39, 0.29) is 6.61 Å². The van der Waals surface area contributed by atoms with Crippen LogP contribution in [0.4, 0.5) is 0 Å². The summed E-state index contributed by atoms with van der Waals surface area (Å²) in [5, 5.41) is 0. The smallest absolute Gasteiger partial charge is 0.266 e. The molecule has 1 rings (SSSR count). The van der Waals surface area contributed by atoms with Crippen molar-refractivity contribution in [3.05, 3.63) is 29.8 Å². The van der Waals surface area contributed by atoms with Crippen molar-refractivity contribution in [1.82, 2.24) is 0 Å². The molecule has 0 spiro atoms. The number of hydrogen-bond acceptors (Lipinski definition) is 3. The summed E-state index contributed by atoms with van der Waals surface area (Å²) < 4.78 is 29.2. The van der Waals surface area contributed by atoms with Crippen LogP contribution in [-0.2, 0) is 20.7 Å². The minimum atomic E-state index is -3.59.